The molecule has 0 unspecified atom stereocenters. The summed E-state index contributed by atoms with van der Waals surface area (Å²) in [5.74, 6) is 0.177. The first-order chi connectivity index (χ1) is 11.0. The number of hydrogen-bond acceptors (Lipinski definition) is 4. The first kappa shape index (κ1) is 17.9. The van der Waals surface area contributed by atoms with Gasteiger partial charge in [0.05, 0.1) is 12.5 Å². The van der Waals surface area contributed by atoms with Gasteiger partial charge in [0.15, 0.2) is 0 Å². The summed E-state index contributed by atoms with van der Waals surface area (Å²) in [6.07, 6.45) is 1.98. The molecule has 1 heterocycles. The van der Waals surface area contributed by atoms with Gasteiger partial charge in [0.1, 0.15) is 0 Å². The van der Waals surface area contributed by atoms with E-state index in [9.17, 15) is 9.90 Å². The number of carbonyl (C=O) groups excluding carboxylic acids is 1. The van der Waals surface area contributed by atoms with E-state index in [1.807, 2.05) is 24.3 Å². The minimum Gasteiger partial charge on any atom is -0.392 e. The highest BCUT2D eigenvalue weighted by atomic mass is 16.3. The summed E-state index contributed by atoms with van der Waals surface area (Å²) in [6, 6.07) is 8.21. The van der Waals surface area contributed by atoms with Crippen LogP contribution in [0.1, 0.15) is 24.0 Å². The number of aliphatic hydroxyl groups is 1. The maximum absolute atomic E-state index is 12.5. The fraction of sp³-hybridized carbons (Fsp3) is 0.611. The van der Waals surface area contributed by atoms with Crippen molar-refractivity contribution in [1.29, 1.82) is 0 Å². The minimum absolute atomic E-state index is 0.0289. The maximum Gasteiger partial charge on any atom is 0.224 e. The number of rotatable bonds is 5. The van der Waals surface area contributed by atoms with Crippen LogP contribution < -0.4 is 5.32 Å². The third-order valence-corrected chi connectivity index (χ3v) is 4.64. The van der Waals surface area contributed by atoms with Crippen LogP contribution in [0, 0.1) is 5.92 Å². The Labute approximate surface area is 139 Å². The lowest BCUT2D eigenvalue weighted by Crippen LogP contribution is -2.39. The molecule has 0 bridgehead atoms. The Kier molecular flexibility index (Phi) is 6.57. The first-order valence-corrected chi connectivity index (χ1v) is 8.31. The number of nitrogens with one attached hydrogen (secondary N) is 1. The number of nitrogens with zero attached hydrogens (tertiary/aromatic N) is 2. The van der Waals surface area contributed by atoms with Crippen LogP contribution in [0.4, 0.5) is 0 Å². The van der Waals surface area contributed by atoms with Gasteiger partial charge in [-0.1, -0.05) is 24.3 Å². The van der Waals surface area contributed by atoms with Crippen LogP contribution in [0.5, 0.6) is 0 Å². The Bertz CT molecular complexity index is 519. The molecule has 128 valence electrons. The van der Waals surface area contributed by atoms with Gasteiger partial charge in [-0.15, -0.1) is 0 Å². The molecule has 1 saturated heterocycles. The van der Waals surface area contributed by atoms with Crippen molar-refractivity contribution in [2.24, 2.45) is 5.92 Å². The molecular weight excluding hydrogens is 290 g/mol. The predicted molar refractivity (Wildman–Crippen MR) is 91.9 cm³/mol. The van der Waals surface area contributed by atoms with Crippen molar-refractivity contribution in [2.45, 2.75) is 32.0 Å². The SMILES string of the molecule is CN1C[C@H](C(=O)NCc2cccc(CO)c2)CC[C@H](N(C)C)C1. The second-order valence-electron chi connectivity index (χ2n) is 6.81. The van der Waals surface area contributed by atoms with Gasteiger partial charge in [0.2, 0.25) is 5.91 Å². The van der Waals surface area contributed by atoms with Gasteiger partial charge in [-0.3, -0.25) is 4.79 Å². The van der Waals surface area contributed by atoms with Crippen LogP contribution in [-0.2, 0) is 17.9 Å². The lowest BCUT2D eigenvalue weighted by molar-refractivity contribution is -0.125. The van der Waals surface area contributed by atoms with Crippen molar-refractivity contribution in [3.63, 3.8) is 0 Å². The molecule has 2 atom stereocenters. The zero-order chi connectivity index (χ0) is 16.8. The molecule has 0 spiro atoms. The molecule has 0 radical (unpaired) electrons. The lowest BCUT2D eigenvalue weighted by atomic mass is 10.0. The topological polar surface area (TPSA) is 55.8 Å². The number of likely N-dealkylation sites (N-methyl/N-ethyl adjacent to an activating group) is 2. The highest BCUT2D eigenvalue weighted by Crippen LogP contribution is 2.18. The Morgan fingerprint density at radius 3 is 2.74 bits per heavy atom. The lowest BCUT2D eigenvalue weighted by Gasteiger charge is -2.25. The second kappa shape index (κ2) is 8.43. The smallest absolute Gasteiger partial charge is 0.224 e. The van der Waals surface area contributed by atoms with Gasteiger partial charge in [-0.25, -0.2) is 0 Å². The summed E-state index contributed by atoms with van der Waals surface area (Å²) >= 11 is 0. The fourth-order valence-electron chi connectivity index (χ4n) is 3.19. The molecule has 2 rings (SSSR count). The molecule has 1 amide bonds. The highest BCUT2D eigenvalue weighted by Gasteiger charge is 2.27. The Morgan fingerprint density at radius 1 is 1.30 bits per heavy atom. The average Bonchev–Trinajstić information content (AvgIpc) is 2.74. The normalized spacial score (nSPS) is 22.8. The quantitative estimate of drug-likeness (QED) is 0.852. The summed E-state index contributed by atoms with van der Waals surface area (Å²) < 4.78 is 0. The zero-order valence-electron chi connectivity index (χ0n) is 14.5. The molecule has 5 heteroatoms. The number of likely N-dealkylation sites (tertiary alicyclic amines) is 1. The molecule has 23 heavy (non-hydrogen) atoms. The van der Waals surface area contributed by atoms with Gasteiger partial charge < -0.3 is 20.2 Å². The highest BCUT2D eigenvalue weighted by molar-refractivity contribution is 5.78. The first-order valence-electron chi connectivity index (χ1n) is 8.31. The van der Waals surface area contributed by atoms with Crippen molar-refractivity contribution in [2.75, 3.05) is 34.2 Å². The third kappa shape index (κ3) is 5.30. The van der Waals surface area contributed by atoms with Gasteiger partial charge in [0, 0.05) is 25.7 Å². The molecule has 2 N–H and O–H groups in total. The summed E-state index contributed by atoms with van der Waals surface area (Å²) in [5, 5.41) is 12.2. The standard InChI is InChI=1S/C18H29N3O2/c1-20(2)17-8-7-16(11-21(3)12-17)18(23)19-10-14-5-4-6-15(9-14)13-22/h4-6,9,16-17,22H,7-8,10-13H2,1-3H3,(H,19,23)/t16-,17+/m1/s1. The summed E-state index contributed by atoms with van der Waals surface area (Å²) in [4.78, 5) is 17.0. The molecule has 0 aromatic heterocycles. The molecule has 1 fully saturated rings. The number of carbonyl (C=O) groups is 1. The Hall–Kier alpha value is -1.43. The zero-order valence-corrected chi connectivity index (χ0v) is 14.5. The largest absolute Gasteiger partial charge is 0.392 e. The number of amides is 1. The fourth-order valence-corrected chi connectivity index (χ4v) is 3.19. The molecule has 1 aromatic carbocycles. The molecule has 5 nitrogen and oxygen atoms in total. The second-order valence-corrected chi connectivity index (χ2v) is 6.81. The van der Waals surface area contributed by atoms with E-state index in [1.54, 1.807) is 0 Å². The van der Waals surface area contributed by atoms with Crippen LogP contribution >= 0.6 is 0 Å². The van der Waals surface area contributed by atoms with E-state index in [4.69, 9.17) is 0 Å². The van der Waals surface area contributed by atoms with E-state index >= 15 is 0 Å². The van der Waals surface area contributed by atoms with E-state index in [2.05, 4.69) is 36.3 Å². The van der Waals surface area contributed by atoms with Crippen LogP contribution in [0.25, 0.3) is 0 Å². The maximum atomic E-state index is 12.5. The van der Waals surface area contributed by atoms with Crippen molar-refractivity contribution in [3.05, 3.63) is 35.4 Å². The number of benzene rings is 1. The Balaban J connectivity index is 1.89. The van der Waals surface area contributed by atoms with Gasteiger partial charge in [0.25, 0.3) is 0 Å². The summed E-state index contributed by atoms with van der Waals surface area (Å²) in [6.45, 7) is 2.37. The van der Waals surface area contributed by atoms with Crippen LogP contribution in [0.15, 0.2) is 24.3 Å². The van der Waals surface area contributed by atoms with Crippen LogP contribution in [0.3, 0.4) is 0 Å². The molecule has 0 aliphatic carbocycles. The molecule has 1 aliphatic heterocycles. The van der Waals surface area contributed by atoms with E-state index < -0.39 is 0 Å². The van der Waals surface area contributed by atoms with E-state index in [1.165, 1.54) is 0 Å². The summed E-state index contributed by atoms with van der Waals surface area (Å²) in [7, 11) is 6.30. The molecular formula is C18H29N3O2. The Morgan fingerprint density at radius 2 is 2.04 bits per heavy atom. The van der Waals surface area contributed by atoms with Crippen molar-refractivity contribution in [3.8, 4) is 0 Å². The van der Waals surface area contributed by atoms with E-state index in [0.29, 0.717) is 12.6 Å². The van der Waals surface area contributed by atoms with Crippen molar-refractivity contribution in [1.82, 2.24) is 15.1 Å². The van der Waals surface area contributed by atoms with Gasteiger partial charge >= 0.3 is 0 Å². The predicted octanol–water partition coefficient (Wildman–Crippen LogP) is 1.07. The number of aliphatic hydroxyl groups excluding tert-OH is 1. The van der Waals surface area contributed by atoms with Crippen molar-refractivity contribution < 1.29 is 9.90 Å². The van der Waals surface area contributed by atoms with Crippen molar-refractivity contribution >= 4 is 5.91 Å². The van der Waals surface area contributed by atoms with E-state index in [0.717, 1.165) is 37.1 Å². The molecule has 0 saturated carbocycles. The summed E-state index contributed by atoms with van der Waals surface area (Å²) in [5.41, 5.74) is 1.90. The van der Waals surface area contributed by atoms with Crippen LogP contribution in [-0.4, -0.2) is 61.1 Å². The van der Waals surface area contributed by atoms with Gasteiger partial charge in [-0.2, -0.15) is 0 Å². The third-order valence-electron chi connectivity index (χ3n) is 4.64. The molecule has 1 aliphatic rings. The average molecular weight is 319 g/mol. The number of hydrogen-bond donors (Lipinski definition) is 2. The minimum atomic E-state index is 0.0289. The van der Waals surface area contributed by atoms with Crippen LogP contribution in [0.2, 0.25) is 0 Å². The van der Waals surface area contributed by atoms with Gasteiger partial charge in [-0.05, 0) is 45.1 Å². The van der Waals surface area contributed by atoms with E-state index in [-0.39, 0.29) is 18.4 Å². The monoisotopic (exact) mass is 319 g/mol. The molecule has 1 aromatic rings.